The summed E-state index contributed by atoms with van der Waals surface area (Å²) in [7, 11) is 0. The third kappa shape index (κ3) is 3.03. The summed E-state index contributed by atoms with van der Waals surface area (Å²) in [5.41, 5.74) is 3.46. The van der Waals surface area contributed by atoms with Crippen molar-refractivity contribution in [3.63, 3.8) is 0 Å². The van der Waals surface area contributed by atoms with Gasteiger partial charge in [-0.2, -0.15) is 0 Å². The van der Waals surface area contributed by atoms with Gasteiger partial charge in [-0.25, -0.2) is 0 Å². The first kappa shape index (κ1) is 20.5. The third-order valence-corrected chi connectivity index (χ3v) is 7.95. The van der Waals surface area contributed by atoms with E-state index in [1.165, 1.54) is 36.5 Å². The maximum atomic E-state index is 2.53. The molecule has 22 heavy (non-hydrogen) atoms. The van der Waals surface area contributed by atoms with E-state index in [2.05, 4.69) is 45.9 Å². The van der Waals surface area contributed by atoms with Crippen LogP contribution in [0.5, 0.6) is 0 Å². The van der Waals surface area contributed by atoms with E-state index >= 15 is 0 Å². The molecule has 0 amide bonds. The Labute approximate surface area is 162 Å². The van der Waals surface area contributed by atoms with Crippen LogP contribution in [-0.4, -0.2) is 0 Å². The Bertz CT molecular complexity index is 657. The molecule has 121 valence electrons. The van der Waals surface area contributed by atoms with E-state index < -0.39 is 0 Å². The molecule has 1 fully saturated rings. The van der Waals surface area contributed by atoms with Gasteiger partial charge < -0.3 is 0 Å². The molecule has 1 aromatic carbocycles. The Morgan fingerprint density at radius 2 is 1.64 bits per heavy atom. The second-order valence-electron chi connectivity index (χ2n) is 7.16. The van der Waals surface area contributed by atoms with Gasteiger partial charge in [-0.05, 0) is 0 Å². The Kier molecular flexibility index (Phi) is 7.02. The topological polar surface area (TPSA) is 0 Å². The average molecular weight is 418 g/mol. The molecule has 0 aliphatic heterocycles. The first-order valence-electron chi connectivity index (χ1n) is 7.99. The van der Waals surface area contributed by atoms with Crippen LogP contribution in [0.2, 0.25) is 0 Å². The summed E-state index contributed by atoms with van der Waals surface area (Å²) in [4.78, 5) is 0. The molecule has 0 heterocycles. The number of fused-ring (bicyclic) bond motifs is 1. The fraction of sp³-hybridized carbons (Fsp3) is 0.579. The minimum Gasteiger partial charge on any atom is -0.147 e. The van der Waals surface area contributed by atoms with Crippen molar-refractivity contribution >= 4 is 33.7 Å². The third-order valence-electron chi connectivity index (χ3n) is 6.06. The number of hydrogen-bond acceptors (Lipinski definition) is 0. The summed E-state index contributed by atoms with van der Waals surface area (Å²) in [5, 5.41) is 3.13. The van der Waals surface area contributed by atoms with Gasteiger partial charge in [-0.1, -0.05) is 0 Å². The van der Waals surface area contributed by atoms with Gasteiger partial charge >= 0.3 is 138 Å². The van der Waals surface area contributed by atoms with E-state index in [0.29, 0.717) is 5.41 Å². The first-order valence-corrected chi connectivity index (χ1v) is 9.22. The quantitative estimate of drug-likeness (QED) is 0.631. The van der Waals surface area contributed by atoms with Crippen LogP contribution in [0.1, 0.15) is 52.0 Å². The normalized spacial score (nSPS) is 30.3. The van der Waals surface area contributed by atoms with Gasteiger partial charge in [0.2, 0.25) is 0 Å². The van der Waals surface area contributed by atoms with Gasteiger partial charge in [0, 0.05) is 0 Å². The summed E-state index contributed by atoms with van der Waals surface area (Å²) < 4.78 is 1.72. The van der Waals surface area contributed by atoms with Crippen LogP contribution in [0.4, 0.5) is 0 Å². The number of hydrogen-bond donors (Lipinski definition) is 0. The molecular weight excluding hydrogens is 390 g/mol. The predicted octanol–water partition coefficient (Wildman–Crippen LogP) is 4.51. The number of aryl methyl sites for hydroxylation is 1. The molecule has 0 radical (unpaired) electrons. The minimum absolute atomic E-state index is 0. The Morgan fingerprint density at radius 3 is 2.18 bits per heavy atom. The molecule has 1 saturated carbocycles. The van der Waals surface area contributed by atoms with E-state index in [9.17, 15) is 0 Å². The monoisotopic (exact) mass is 415 g/mol. The molecule has 0 aromatic heterocycles. The minimum atomic E-state index is 0. The smallest absolute Gasteiger partial charge is 0.147 e. The van der Waals surface area contributed by atoms with Gasteiger partial charge in [-0.15, -0.1) is 24.8 Å². The molecule has 3 rings (SSSR count). The molecule has 1 unspecified atom stereocenters. The Balaban J connectivity index is 0.00000121. The first-order chi connectivity index (χ1) is 9.46. The van der Waals surface area contributed by atoms with E-state index in [4.69, 9.17) is 0 Å². The summed E-state index contributed by atoms with van der Waals surface area (Å²) in [6.45, 7) is 9.63. The fourth-order valence-corrected chi connectivity index (χ4v) is 6.17. The zero-order valence-corrected chi connectivity index (χ0v) is 18.1. The molecule has 2 aliphatic carbocycles. The van der Waals surface area contributed by atoms with Crippen molar-refractivity contribution < 1.29 is 24.7 Å². The van der Waals surface area contributed by atoms with Crippen LogP contribution in [0.15, 0.2) is 18.2 Å². The van der Waals surface area contributed by atoms with Gasteiger partial charge in [0.1, 0.15) is 0 Å². The maximum absolute atomic E-state index is 2.53. The zero-order valence-electron chi connectivity index (χ0n) is 14.0. The Hall–Kier alpha value is 0.423. The predicted molar refractivity (Wildman–Crippen MR) is 96.6 cm³/mol. The molecule has 1 aromatic rings. The van der Waals surface area contributed by atoms with Crippen molar-refractivity contribution in [2.75, 3.05) is 0 Å². The molecule has 0 nitrogen and oxygen atoms in total. The molecule has 2 aliphatic rings. The van der Waals surface area contributed by atoms with Crippen molar-refractivity contribution in [2.24, 2.45) is 17.3 Å². The van der Waals surface area contributed by atoms with Crippen molar-refractivity contribution in [1.82, 2.24) is 0 Å². The fourth-order valence-electron chi connectivity index (χ4n) is 4.39. The second kappa shape index (κ2) is 7.54. The molecule has 3 heteroatoms. The second-order valence-corrected chi connectivity index (χ2v) is 8.39. The van der Waals surface area contributed by atoms with E-state index in [1.807, 2.05) is 0 Å². The standard InChI is InChI=1S/C19H25.2ClH.Zr/c1-13-8-10-16(11-9-13)19(4)12-18-14(2)6-5-7-17(18)15(19)3;;;/h5-7,13,16H,8-11H2,1-4H3;2*1H;. The average Bonchev–Trinajstić information content (AvgIpc) is 2.64. The van der Waals surface area contributed by atoms with Crippen LogP contribution in [0, 0.1) is 24.2 Å². The van der Waals surface area contributed by atoms with Crippen molar-refractivity contribution in [3.8, 4) is 0 Å². The molecule has 0 spiro atoms. The van der Waals surface area contributed by atoms with Crippen molar-refractivity contribution in [3.05, 3.63) is 34.2 Å². The van der Waals surface area contributed by atoms with E-state index in [1.54, 1.807) is 38.8 Å². The summed E-state index contributed by atoms with van der Waals surface area (Å²) in [6, 6.07) is 6.86. The van der Waals surface area contributed by atoms with Gasteiger partial charge in [0.05, 0.1) is 0 Å². The molecular formula is C19H27Cl2Zr. The van der Waals surface area contributed by atoms with Gasteiger partial charge in [-0.3, -0.25) is 0 Å². The zero-order chi connectivity index (χ0) is 14.5. The van der Waals surface area contributed by atoms with Crippen LogP contribution in [-0.2, 0) is 24.7 Å². The van der Waals surface area contributed by atoms with Gasteiger partial charge in [0.25, 0.3) is 0 Å². The van der Waals surface area contributed by atoms with Gasteiger partial charge in [0.15, 0.2) is 0 Å². The largest absolute Gasteiger partial charge is 0.147 e. The summed E-state index contributed by atoms with van der Waals surface area (Å²) >= 11 is 1.62. The van der Waals surface area contributed by atoms with Crippen LogP contribution >= 0.6 is 24.8 Å². The summed E-state index contributed by atoms with van der Waals surface area (Å²) in [5.74, 6) is 1.80. The maximum Gasteiger partial charge on any atom is -0.147 e. The number of halogens is 2. The molecule has 0 bridgehead atoms. The molecule has 0 saturated heterocycles. The van der Waals surface area contributed by atoms with Crippen molar-refractivity contribution in [1.29, 1.82) is 0 Å². The number of benzene rings is 1. The number of rotatable bonds is 1. The molecule has 1 atom stereocenters. The SMILES string of the molecule is CC1=c2cccc(C)c2=[C]([Zr])C1(C)C1CCC(C)CC1.Cl.Cl. The van der Waals surface area contributed by atoms with Crippen LogP contribution in [0.3, 0.4) is 0 Å². The van der Waals surface area contributed by atoms with E-state index in [0.717, 1.165) is 11.8 Å². The van der Waals surface area contributed by atoms with Crippen LogP contribution < -0.4 is 10.4 Å². The molecule has 0 N–H and O–H groups in total. The van der Waals surface area contributed by atoms with Crippen molar-refractivity contribution in [2.45, 2.75) is 53.4 Å². The van der Waals surface area contributed by atoms with E-state index in [-0.39, 0.29) is 24.8 Å². The Morgan fingerprint density at radius 1 is 1.05 bits per heavy atom. The van der Waals surface area contributed by atoms with Crippen LogP contribution in [0.25, 0.3) is 8.85 Å². The summed E-state index contributed by atoms with van der Waals surface area (Å²) in [6.07, 6.45) is 5.68.